The Hall–Kier alpha value is -0.770. The van der Waals surface area contributed by atoms with Crippen LogP contribution >= 0.6 is 11.6 Å². The zero-order valence-corrected chi connectivity index (χ0v) is 13.9. The maximum absolute atomic E-state index is 6.25. The molecule has 0 aliphatic carbocycles. The second-order valence-electron chi connectivity index (χ2n) is 5.94. The van der Waals surface area contributed by atoms with Crippen LogP contribution in [0.5, 0.6) is 5.75 Å². The first-order valence-electron chi connectivity index (χ1n) is 8.09. The number of unbranched alkanes of at least 4 members (excludes halogenated alkanes) is 1. The fraction of sp³-hybridized carbons (Fsp3) is 0.647. The largest absolute Gasteiger partial charge is 0.493 e. The Bertz CT molecular complexity index is 464. The molecule has 0 spiro atoms. The van der Waals surface area contributed by atoms with E-state index in [1.165, 1.54) is 30.4 Å². The summed E-state index contributed by atoms with van der Waals surface area (Å²) in [5.74, 6) is 7.45. The Morgan fingerprint density at radius 1 is 1.38 bits per heavy atom. The molecule has 1 heterocycles. The number of nitrogens with two attached hydrogens (primary N) is 1. The fourth-order valence-electron chi connectivity index (χ4n) is 3.25. The molecule has 0 saturated heterocycles. The van der Waals surface area contributed by atoms with E-state index < -0.39 is 0 Å². The second kappa shape index (κ2) is 8.02. The van der Waals surface area contributed by atoms with Crippen molar-refractivity contribution in [3.05, 3.63) is 28.3 Å². The highest BCUT2D eigenvalue weighted by atomic mass is 35.5. The first kappa shape index (κ1) is 16.6. The summed E-state index contributed by atoms with van der Waals surface area (Å²) in [7, 11) is 0. The summed E-state index contributed by atoms with van der Waals surface area (Å²) in [6, 6.07) is 4.32. The van der Waals surface area contributed by atoms with Crippen LogP contribution in [0.1, 0.15) is 50.7 Å². The van der Waals surface area contributed by atoms with Gasteiger partial charge in [0.15, 0.2) is 0 Å². The van der Waals surface area contributed by atoms with Crippen molar-refractivity contribution in [1.82, 2.24) is 5.43 Å². The van der Waals surface area contributed by atoms with Crippen LogP contribution in [0.4, 0.5) is 0 Å². The van der Waals surface area contributed by atoms with Crippen molar-refractivity contribution >= 4 is 11.6 Å². The molecule has 2 unspecified atom stereocenters. The molecule has 3 N–H and O–H groups in total. The van der Waals surface area contributed by atoms with Gasteiger partial charge in [-0.1, -0.05) is 44.7 Å². The van der Waals surface area contributed by atoms with Gasteiger partial charge >= 0.3 is 0 Å². The predicted molar refractivity (Wildman–Crippen MR) is 88.8 cm³/mol. The minimum absolute atomic E-state index is 0.272. The molecule has 0 bridgehead atoms. The molecular formula is C17H27ClN2O. The summed E-state index contributed by atoms with van der Waals surface area (Å²) in [4.78, 5) is 0. The Morgan fingerprint density at radius 2 is 2.19 bits per heavy atom. The summed E-state index contributed by atoms with van der Waals surface area (Å²) in [5, 5.41) is 0.798. The normalized spacial score (nSPS) is 16.4. The van der Waals surface area contributed by atoms with E-state index in [1.807, 2.05) is 12.1 Å². The number of benzene rings is 1. The molecule has 0 amide bonds. The van der Waals surface area contributed by atoms with E-state index in [0.29, 0.717) is 5.92 Å². The van der Waals surface area contributed by atoms with Gasteiger partial charge in [0, 0.05) is 17.5 Å². The lowest BCUT2D eigenvalue weighted by atomic mass is 9.87. The van der Waals surface area contributed by atoms with Crippen LogP contribution in [-0.4, -0.2) is 12.6 Å². The fourth-order valence-corrected chi connectivity index (χ4v) is 3.52. The number of hydrazine groups is 1. The topological polar surface area (TPSA) is 47.3 Å². The zero-order valence-electron chi connectivity index (χ0n) is 13.1. The van der Waals surface area contributed by atoms with E-state index in [1.54, 1.807) is 0 Å². The SMILES string of the molecule is CCCCC(CC)C(Cc1cc(Cl)cc2c1OCC2)NN. The van der Waals surface area contributed by atoms with Gasteiger partial charge in [-0.15, -0.1) is 0 Å². The van der Waals surface area contributed by atoms with Gasteiger partial charge in [0.2, 0.25) is 0 Å². The molecule has 118 valence electrons. The van der Waals surface area contributed by atoms with Crippen LogP contribution in [-0.2, 0) is 12.8 Å². The number of hydrogen-bond acceptors (Lipinski definition) is 3. The van der Waals surface area contributed by atoms with Gasteiger partial charge in [0.1, 0.15) is 5.75 Å². The monoisotopic (exact) mass is 310 g/mol. The molecule has 1 aliphatic heterocycles. The third-order valence-corrected chi connectivity index (χ3v) is 4.72. The van der Waals surface area contributed by atoms with Gasteiger partial charge in [-0.3, -0.25) is 11.3 Å². The number of nitrogens with one attached hydrogen (secondary N) is 1. The number of hydrogen-bond donors (Lipinski definition) is 2. The molecule has 0 radical (unpaired) electrons. The van der Waals surface area contributed by atoms with Crippen molar-refractivity contribution in [1.29, 1.82) is 0 Å². The lowest BCUT2D eigenvalue weighted by Crippen LogP contribution is -2.42. The van der Waals surface area contributed by atoms with Gasteiger partial charge < -0.3 is 4.74 Å². The average Bonchev–Trinajstić information content (AvgIpc) is 2.94. The molecule has 3 nitrogen and oxygen atoms in total. The standard InChI is InChI=1S/C17H27ClN2O/c1-3-5-6-12(4-2)16(20-19)11-14-10-15(18)9-13-7-8-21-17(13)14/h9-10,12,16,20H,3-8,11,19H2,1-2H3. The van der Waals surface area contributed by atoms with E-state index in [-0.39, 0.29) is 6.04 Å². The quantitative estimate of drug-likeness (QED) is 0.566. The Balaban J connectivity index is 2.14. The van der Waals surface area contributed by atoms with Crippen LogP contribution in [0.25, 0.3) is 0 Å². The smallest absolute Gasteiger partial charge is 0.125 e. The van der Waals surface area contributed by atoms with Crippen molar-refractivity contribution in [2.45, 2.75) is 58.4 Å². The number of fused-ring (bicyclic) bond motifs is 1. The van der Waals surface area contributed by atoms with Gasteiger partial charge in [-0.05, 0) is 42.0 Å². The predicted octanol–water partition coefficient (Wildman–Crippen LogP) is 3.87. The lowest BCUT2D eigenvalue weighted by Gasteiger charge is -2.26. The molecule has 4 heteroatoms. The van der Waals surface area contributed by atoms with Crippen molar-refractivity contribution in [3.63, 3.8) is 0 Å². The summed E-state index contributed by atoms with van der Waals surface area (Å²) in [6.45, 7) is 5.23. The first-order valence-corrected chi connectivity index (χ1v) is 8.47. The molecule has 0 saturated carbocycles. The van der Waals surface area contributed by atoms with Crippen molar-refractivity contribution in [2.24, 2.45) is 11.8 Å². The van der Waals surface area contributed by atoms with Crippen molar-refractivity contribution < 1.29 is 4.74 Å². The molecule has 2 atom stereocenters. The number of rotatable bonds is 8. The van der Waals surface area contributed by atoms with Crippen molar-refractivity contribution in [2.75, 3.05) is 6.61 Å². The van der Waals surface area contributed by atoms with E-state index in [9.17, 15) is 0 Å². The molecule has 1 aromatic carbocycles. The summed E-state index contributed by atoms with van der Waals surface area (Å²) in [6.07, 6.45) is 6.66. The van der Waals surface area contributed by atoms with Crippen LogP contribution in [0.3, 0.4) is 0 Å². The van der Waals surface area contributed by atoms with E-state index in [4.69, 9.17) is 22.2 Å². The van der Waals surface area contributed by atoms with Gasteiger partial charge in [0.25, 0.3) is 0 Å². The first-order chi connectivity index (χ1) is 10.2. The van der Waals surface area contributed by atoms with Crippen LogP contribution < -0.4 is 16.0 Å². The molecule has 2 rings (SSSR count). The Labute approximate surface area is 133 Å². The summed E-state index contributed by atoms with van der Waals surface area (Å²) in [5.41, 5.74) is 5.44. The van der Waals surface area contributed by atoms with E-state index in [2.05, 4.69) is 19.3 Å². The number of halogens is 1. The Morgan fingerprint density at radius 3 is 2.86 bits per heavy atom. The maximum Gasteiger partial charge on any atom is 0.125 e. The number of ether oxygens (including phenoxy) is 1. The summed E-state index contributed by atoms with van der Waals surface area (Å²) >= 11 is 6.25. The third kappa shape index (κ3) is 4.12. The van der Waals surface area contributed by atoms with Gasteiger partial charge in [-0.2, -0.15) is 0 Å². The molecule has 1 aliphatic rings. The minimum Gasteiger partial charge on any atom is -0.493 e. The Kier molecular flexibility index (Phi) is 6.34. The maximum atomic E-state index is 6.25. The highest BCUT2D eigenvalue weighted by Crippen LogP contribution is 2.34. The van der Waals surface area contributed by atoms with E-state index >= 15 is 0 Å². The van der Waals surface area contributed by atoms with Crippen LogP contribution in [0.15, 0.2) is 12.1 Å². The minimum atomic E-state index is 0.272. The highest BCUT2D eigenvalue weighted by molar-refractivity contribution is 6.30. The van der Waals surface area contributed by atoms with Gasteiger partial charge in [0.05, 0.1) is 6.61 Å². The summed E-state index contributed by atoms with van der Waals surface area (Å²) < 4.78 is 5.80. The average molecular weight is 311 g/mol. The van der Waals surface area contributed by atoms with Crippen LogP contribution in [0.2, 0.25) is 5.02 Å². The molecule has 1 aromatic rings. The molecular weight excluding hydrogens is 284 g/mol. The third-order valence-electron chi connectivity index (χ3n) is 4.50. The van der Waals surface area contributed by atoms with Crippen LogP contribution in [0, 0.1) is 5.92 Å². The highest BCUT2D eigenvalue weighted by Gasteiger charge is 2.23. The lowest BCUT2D eigenvalue weighted by molar-refractivity contribution is 0.311. The molecule has 0 aromatic heterocycles. The zero-order chi connectivity index (χ0) is 15.2. The second-order valence-corrected chi connectivity index (χ2v) is 6.38. The van der Waals surface area contributed by atoms with Gasteiger partial charge in [-0.25, -0.2) is 0 Å². The van der Waals surface area contributed by atoms with Crippen molar-refractivity contribution in [3.8, 4) is 5.75 Å². The molecule has 0 fully saturated rings. The van der Waals surface area contributed by atoms with E-state index in [0.717, 1.165) is 36.6 Å². The molecule has 21 heavy (non-hydrogen) atoms.